The lowest BCUT2D eigenvalue weighted by molar-refractivity contribution is -0.133. The first kappa shape index (κ1) is 15.9. The summed E-state index contributed by atoms with van der Waals surface area (Å²) in [5, 5.41) is 0. The molecule has 0 N–H and O–H groups in total. The summed E-state index contributed by atoms with van der Waals surface area (Å²) in [7, 11) is 3.64. The van der Waals surface area contributed by atoms with Gasteiger partial charge in [-0.1, -0.05) is 31.9 Å². The van der Waals surface area contributed by atoms with Gasteiger partial charge in [0.05, 0.1) is 7.11 Å². The molecule has 21 heavy (non-hydrogen) atoms. The summed E-state index contributed by atoms with van der Waals surface area (Å²) in [5.74, 6) is 1.75. The maximum Gasteiger partial charge on any atom is 0.222 e. The molecular formula is C18H27NO2. The molecular weight excluding hydrogens is 262 g/mol. The van der Waals surface area contributed by atoms with E-state index in [1.807, 2.05) is 30.1 Å². The van der Waals surface area contributed by atoms with Crippen molar-refractivity contribution in [1.29, 1.82) is 0 Å². The van der Waals surface area contributed by atoms with Crippen LogP contribution < -0.4 is 4.74 Å². The van der Waals surface area contributed by atoms with Gasteiger partial charge in [-0.25, -0.2) is 0 Å². The molecule has 0 aliphatic heterocycles. The van der Waals surface area contributed by atoms with Crippen LogP contribution in [0.4, 0.5) is 0 Å². The van der Waals surface area contributed by atoms with E-state index in [4.69, 9.17) is 4.74 Å². The smallest absolute Gasteiger partial charge is 0.222 e. The summed E-state index contributed by atoms with van der Waals surface area (Å²) in [6, 6.07) is 8.40. The summed E-state index contributed by atoms with van der Waals surface area (Å²) >= 11 is 0. The molecule has 1 aromatic carbocycles. The van der Waals surface area contributed by atoms with E-state index in [9.17, 15) is 4.79 Å². The van der Waals surface area contributed by atoms with Crippen LogP contribution in [-0.2, 0) is 11.2 Å². The molecule has 0 bridgehead atoms. The minimum absolute atomic E-state index is 0.261. The van der Waals surface area contributed by atoms with E-state index >= 15 is 0 Å². The molecule has 2 atom stereocenters. The standard InChI is InChI=1S/C18H27NO2/c1-14-7-4-5-10-17(14)19(2)18(20)12-11-15-8-6-9-16(13-15)21-3/h6,8-9,13-14,17H,4-5,7,10-12H2,1-3H3. The van der Waals surface area contributed by atoms with E-state index in [0.29, 0.717) is 18.4 Å². The van der Waals surface area contributed by atoms with E-state index in [-0.39, 0.29) is 5.91 Å². The van der Waals surface area contributed by atoms with Crippen molar-refractivity contribution in [1.82, 2.24) is 4.90 Å². The Morgan fingerprint density at radius 3 is 2.81 bits per heavy atom. The molecule has 0 spiro atoms. The minimum atomic E-state index is 0.261. The Morgan fingerprint density at radius 2 is 2.10 bits per heavy atom. The fourth-order valence-electron chi connectivity index (χ4n) is 3.31. The Hall–Kier alpha value is -1.51. The molecule has 1 aliphatic carbocycles. The number of benzene rings is 1. The highest BCUT2D eigenvalue weighted by molar-refractivity contribution is 5.76. The van der Waals surface area contributed by atoms with Gasteiger partial charge in [-0.15, -0.1) is 0 Å². The van der Waals surface area contributed by atoms with Gasteiger partial charge in [0.15, 0.2) is 0 Å². The second-order valence-electron chi connectivity index (χ2n) is 6.19. The number of carbonyl (C=O) groups is 1. The van der Waals surface area contributed by atoms with Crippen LogP contribution in [0.1, 0.15) is 44.6 Å². The number of carbonyl (C=O) groups excluding carboxylic acids is 1. The van der Waals surface area contributed by atoms with Crippen molar-refractivity contribution < 1.29 is 9.53 Å². The maximum absolute atomic E-state index is 12.4. The SMILES string of the molecule is COc1cccc(CCC(=O)N(C)C2CCCCC2C)c1. The lowest BCUT2D eigenvalue weighted by Crippen LogP contribution is -2.42. The number of rotatable bonds is 5. The van der Waals surface area contributed by atoms with E-state index in [0.717, 1.165) is 24.2 Å². The second-order valence-corrected chi connectivity index (χ2v) is 6.19. The Morgan fingerprint density at radius 1 is 1.33 bits per heavy atom. The Kier molecular flexibility index (Phi) is 5.66. The molecule has 1 aromatic rings. The van der Waals surface area contributed by atoms with Gasteiger partial charge in [-0.3, -0.25) is 4.79 Å². The van der Waals surface area contributed by atoms with Crippen molar-refractivity contribution >= 4 is 5.91 Å². The van der Waals surface area contributed by atoms with Gasteiger partial charge in [0.1, 0.15) is 5.75 Å². The van der Waals surface area contributed by atoms with E-state index in [2.05, 4.69) is 13.0 Å². The molecule has 0 aromatic heterocycles. The van der Waals surface area contributed by atoms with E-state index in [1.165, 1.54) is 19.3 Å². The highest BCUT2D eigenvalue weighted by Crippen LogP contribution is 2.27. The number of ether oxygens (including phenoxy) is 1. The predicted octanol–water partition coefficient (Wildman–Crippen LogP) is 3.66. The number of hydrogen-bond acceptors (Lipinski definition) is 2. The van der Waals surface area contributed by atoms with Crippen molar-refractivity contribution in [3.8, 4) is 5.75 Å². The average Bonchev–Trinajstić information content (AvgIpc) is 2.52. The number of nitrogens with zero attached hydrogens (tertiary/aromatic N) is 1. The van der Waals surface area contributed by atoms with Gasteiger partial charge in [-0.05, 0) is 42.9 Å². The van der Waals surface area contributed by atoms with Crippen LogP contribution in [0.2, 0.25) is 0 Å². The van der Waals surface area contributed by atoms with Crippen molar-refractivity contribution in [3.05, 3.63) is 29.8 Å². The molecule has 3 nitrogen and oxygen atoms in total. The van der Waals surface area contributed by atoms with Gasteiger partial charge >= 0.3 is 0 Å². The van der Waals surface area contributed by atoms with Crippen molar-refractivity contribution in [2.24, 2.45) is 5.92 Å². The summed E-state index contributed by atoms with van der Waals surface area (Å²) in [6.07, 6.45) is 6.32. The summed E-state index contributed by atoms with van der Waals surface area (Å²) in [4.78, 5) is 14.4. The normalized spacial score (nSPS) is 21.9. The number of aryl methyl sites for hydroxylation is 1. The summed E-state index contributed by atoms with van der Waals surface area (Å²) in [6.45, 7) is 2.27. The molecule has 0 radical (unpaired) electrons. The van der Waals surface area contributed by atoms with Gasteiger partial charge in [0, 0.05) is 19.5 Å². The number of methoxy groups -OCH3 is 1. The van der Waals surface area contributed by atoms with E-state index in [1.54, 1.807) is 7.11 Å². The zero-order chi connectivity index (χ0) is 15.2. The van der Waals surface area contributed by atoms with Gasteiger partial charge in [0.25, 0.3) is 0 Å². The topological polar surface area (TPSA) is 29.5 Å². The molecule has 2 rings (SSSR count). The highest BCUT2D eigenvalue weighted by Gasteiger charge is 2.27. The van der Waals surface area contributed by atoms with Crippen LogP contribution in [0.25, 0.3) is 0 Å². The summed E-state index contributed by atoms with van der Waals surface area (Å²) in [5.41, 5.74) is 1.16. The monoisotopic (exact) mass is 289 g/mol. The fourth-order valence-corrected chi connectivity index (χ4v) is 3.31. The van der Waals surface area contributed by atoms with Gasteiger partial charge in [-0.2, -0.15) is 0 Å². The molecule has 116 valence electrons. The molecule has 0 heterocycles. The lowest BCUT2D eigenvalue weighted by atomic mass is 9.85. The largest absolute Gasteiger partial charge is 0.497 e. The first-order valence-corrected chi connectivity index (χ1v) is 8.00. The van der Waals surface area contributed by atoms with Crippen LogP contribution in [0.3, 0.4) is 0 Å². The Balaban J connectivity index is 1.88. The highest BCUT2D eigenvalue weighted by atomic mass is 16.5. The minimum Gasteiger partial charge on any atom is -0.497 e. The lowest BCUT2D eigenvalue weighted by Gasteiger charge is -2.36. The van der Waals surface area contributed by atoms with Crippen LogP contribution in [0.5, 0.6) is 5.75 Å². The molecule has 2 unspecified atom stereocenters. The van der Waals surface area contributed by atoms with Crippen molar-refractivity contribution in [2.75, 3.05) is 14.2 Å². The predicted molar refractivity (Wildman–Crippen MR) is 85.5 cm³/mol. The van der Waals surface area contributed by atoms with Gasteiger partial charge in [0.2, 0.25) is 5.91 Å². The third-order valence-corrected chi connectivity index (χ3v) is 4.72. The Bertz CT molecular complexity index is 472. The number of hydrogen-bond donors (Lipinski definition) is 0. The first-order valence-electron chi connectivity index (χ1n) is 8.00. The van der Waals surface area contributed by atoms with Crippen molar-refractivity contribution in [2.45, 2.75) is 51.5 Å². The van der Waals surface area contributed by atoms with Crippen molar-refractivity contribution in [3.63, 3.8) is 0 Å². The van der Waals surface area contributed by atoms with Gasteiger partial charge < -0.3 is 9.64 Å². The van der Waals surface area contributed by atoms with Crippen LogP contribution >= 0.6 is 0 Å². The number of amides is 1. The average molecular weight is 289 g/mol. The first-order chi connectivity index (χ1) is 10.1. The van der Waals surface area contributed by atoms with E-state index < -0.39 is 0 Å². The third kappa shape index (κ3) is 4.23. The fraction of sp³-hybridized carbons (Fsp3) is 0.611. The van der Waals surface area contributed by atoms with Crippen LogP contribution in [0.15, 0.2) is 24.3 Å². The zero-order valence-corrected chi connectivity index (χ0v) is 13.5. The molecule has 1 amide bonds. The van der Waals surface area contributed by atoms with Crippen LogP contribution in [-0.4, -0.2) is 31.0 Å². The molecule has 0 saturated heterocycles. The van der Waals surface area contributed by atoms with Crippen LogP contribution in [0, 0.1) is 5.92 Å². The maximum atomic E-state index is 12.4. The molecule has 1 saturated carbocycles. The zero-order valence-electron chi connectivity index (χ0n) is 13.5. The third-order valence-electron chi connectivity index (χ3n) is 4.72. The quantitative estimate of drug-likeness (QED) is 0.828. The summed E-state index contributed by atoms with van der Waals surface area (Å²) < 4.78 is 5.22. The molecule has 1 fully saturated rings. The second kappa shape index (κ2) is 7.48. The Labute approximate surface area is 128 Å². The molecule has 3 heteroatoms. The molecule has 1 aliphatic rings.